The lowest BCUT2D eigenvalue weighted by atomic mass is 9.83. The van der Waals surface area contributed by atoms with E-state index in [0.29, 0.717) is 17.8 Å². The van der Waals surface area contributed by atoms with Gasteiger partial charge in [0, 0.05) is 24.4 Å². The van der Waals surface area contributed by atoms with Crippen LogP contribution in [-0.4, -0.2) is 11.5 Å². The summed E-state index contributed by atoms with van der Waals surface area (Å²) in [6, 6.07) is 2.13. The van der Waals surface area contributed by atoms with Crippen molar-refractivity contribution >= 4 is 6.08 Å². The van der Waals surface area contributed by atoms with Crippen LogP contribution in [0.2, 0.25) is 0 Å². The van der Waals surface area contributed by atoms with E-state index in [4.69, 9.17) is 0 Å². The molecule has 92 valence electrons. The first-order valence-corrected chi connectivity index (χ1v) is 6.50. The molecular formula is C15H22N2. The van der Waals surface area contributed by atoms with Crippen molar-refractivity contribution in [1.29, 1.82) is 0 Å². The maximum atomic E-state index is 4.60. The van der Waals surface area contributed by atoms with Crippen LogP contribution in [0.1, 0.15) is 56.4 Å². The fourth-order valence-electron chi connectivity index (χ4n) is 2.53. The number of hydrogen-bond acceptors (Lipinski definition) is 2. The minimum atomic E-state index is 0.484. The standard InChI is InChI=1S/C15H22N2/c1-10(2)13-9-16-7-5-12-6-8-17-15(11(3)4)14(12)13/h5-8,10-11,13,16H,9H2,1-4H3. The molecule has 1 unspecified atom stereocenters. The second kappa shape index (κ2) is 4.91. The van der Waals surface area contributed by atoms with Gasteiger partial charge in [-0.2, -0.15) is 0 Å². The highest BCUT2D eigenvalue weighted by atomic mass is 14.8. The minimum Gasteiger partial charge on any atom is -0.390 e. The van der Waals surface area contributed by atoms with Crippen molar-refractivity contribution in [3.05, 3.63) is 35.3 Å². The van der Waals surface area contributed by atoms with Gasteiger partial charge < -0.3 is 5.32 Å². The van der Waals surface area contributed by atoms with Gasteiger partial charge >= 0.3 is 0 Å². The Hall–Kier alpha value is -1.31. The van der Waals surface area contributed by atoms with Crippen LogP contribution in [0.15, 0.2) is 18.5 Å². The predicted molar refractivity (Wildman–Crippen MR) is 72.9 cm³/mol. The third kappa shape index (κ3) is 2.36. The summed E-state index contributed by atoms with van der Waals surface area (Å²) in [5.74, 6) is 1.66. The molecule has 1 aliphatic rings. The summed E-state index contributed by atoms with van der Waals surface area (Å²) < 4.78 is 0. The third-order valence-corrected chi connectivity index (χ3v) is 3.50. The molecule has 17 heavy (non-hydrogen) atoms. The predicted octanol–water partition coefficient (Wildman–Crippen LogP) is 3.52. The first-order valence-electron chi connectivity index (χ1n) is 6.50. The fraction of sp³-hybridized carbons (Fsp3) is 0.533. The lowest BCUT2D eigenvalue weighted by Gasteiger charge is -2.25. The highest BCUT2D eigenvalue weighted by Gasteiger charge is 2.24. The number of pyridine rings is 1. The molecule has 0 aromatic carbocycles. The largest absolute Gasteiger partial charge is 0.390 e. The van der Waals surface area contributed by atoms with Crippen molar-refractivity contribution in [3.63, 3.8) is 0 Å². The summed E-state index contributed by atoms with van der Waals surface area (Å²) in [5, 5.41) is 3.38. The molecule has 2 nitrogen and oxygen atoms in total. The van der Waals surface area contributed by atoms with Gasteiger partial charge in [0.25, 0.3) is 0 Å². The average Bonchev–Trinajstić information content (AvgIpc) is 2.50. The Morgan fingerprint density at radius 3 is 2.71 bits per heavy atom. The van der Waals surface area contributed by atoms with E-state index in [1.807, 2.05) is 6.20 Å². The zero-order chi connectivity index (χ0) is 12.4. The number of nitrogens with one attached hydrogen (secondary N) is 1. The number of rotatable bonds is 2. The summed E-state index contributed by atoms with van der Waals surface area (Å²) in [6.45, 7) is 10.0. The molecule has 0 radical (unpaired) electrons. The molecule has 1 aromatic rings. The fourth-order valence-corrected chi connectivity index (χ4v) is 2.53. The summed E-state index contributed by atoms with van der Waals surface area (Å²) >= 11 is 0. The van der Waals surface area contributed by atoms with Gasteiger partial charge in [0.15, 0.2) is 0 Å². The number of aromatic nitrogens is 1. The van der Waals surface area contributed by atoms with Crippen LogP contribution in [0.25, 0.3) is 6.08 Å². The van der Waals surface area contributed by atoms with Crippen molar-refractivity contribution in [2.45, 2.75) is 39.5 Å². The van der Waals surface area contributed by atoms with E-state index in [2.05, 4.69) is 56.3 Å². The highest BCUT2D eigenvalue weighted by Crippen LogP contribution is 2.34. The second-order valence-corrected chi connectivity index (χ2v) is 5.45. The van der Waals surface area contributed by atoms with Crippen LogP contribution in [0.3, 0.4) is 0 Å². The van der Waals surface area contributed by atoms with Crippen LogP contribution in [0.4, 0.5) is 0 Å². The van der Waals surface area contributed by atoms with Gasteiger partial charge in [-0.05, 0) is 41.3 Å². The molecule has 0 saturated heterocycles. The lowest BCUT2D eigenvalue weighted by Crippen LogP contribution is -2.21. The summed E-state index contributed by atoms with van der Waals surface area (Å²) in [5.41, 5.74) is 4.03. The normalized spacial score (nSPS) is 19.1. The molecule has 0 saturated carbocycles. The van der Waals surface area contributed by atoms with E-state index in [1.165, 1.54) is 16.8 Å². The lowest BCUT2D eigenvalue weighted by molar-refractivity contribution is 0.480. The Morgan fingerprint density at radius 1 is 1.29 bits per heavy atom. The zero-order valence-corrected chi connectivity index (χ0v) is 11.2. The number of nitrogens with zero attached hydrogens (tertiary/aromatic N) is 1. The first-order chi connectivity index (χ1) is 8.11. The van der Waals surface area contributed by atoms with E-state index >= 15 is 0 Å². The Labute approximate surface area is 104 Å². The molecule has 0 spiro atoms. The van der Waals surface area contributed by atoms with E-state index in [1.54, 1.807) is 0 Å². The molecule has 1 aromatic heterocycles. The zero-order valence-electron chi connectivity index (χ0n) is 11.2. The van der Waals surface area contributed by atoms with Crippen LogP contribution < -0.4 is 5.32 Å². The van der Waals surface area contributed by atoms with Crippen LogP contribution >= 0.6 is 0 Å². The summed E-state index contributed by atoms with van der Waals surface area (Å²) in [4.78, 5) is 4.60. The minimum absolute atomic E-state index is 0.484. The first kappa shape index (κ1) is 12.2. The Balaban J connectivity index is 2.57. The molecule has 0 bridgehead atoms. The van der Waals surface area contributed by atoms with Crippen molar-refractivity contribution in [1.82, 2.24) is 10.3 Å². The average molecular weight is 230 g/mol. The smallest absolute Gasteiger partial charge is 0.0470 e. The topological polar surface area (TPSA) is 24.9 Å². The summed E-state index contributed by atoms with van der Waals surface area (Å²) in [7, 11) is 0. The monoisotopic (exact) mass is 230 g/mol. The maximum Gasteiger partial charge on any atom is 0.0470 e. The molecule has 1 atom stereocenters. The van der Waals surface area contributed by atoms with Gasteiger partial charge in [0.05, 0.1) is 0 Å². The Kier molecular flexibility index (Phi) is 3.51. The molecule has 1 aliphatic heterocycles. The molecule has 2 heterocycles. The summed E-state index contributed by atoms with van der Waals surface area (Å²) in [6.07, 6.45) is 6.16. The van der Waals surface area contributed by atoms with Crippen LogP contribution in [0, 0.1) is 5.92 Å². The highest BCUT2D eigenvalue weighted by molar-refractivity contribution is 5.57. The Morgan fingerprint density at radius 2 is 2.06 bits per heavy atom. The molecule has 1 N–H and O–H groups in total. The van der Waals surface area contributed by atoms with Crippen molar-refractivity contribution in [2.24, 2.45) is 5.92 Å². The quantitative estimate of drug-likeness (QED) is 0.841. The van der Waals surface area contributed by atoms with E-state index in [9.17, 15) is 0 Å². The van der Waals surface area contributed by atoms with Crippen LogP contribution in [0.5, 0.6) is 0 Å². The molecule has 0 fully saturated rings. The van der Waals surface area contributed by atoms with Crippen molar-refractivity contribution in [3.8, 4) is 0 Å². The van der Waals surface area contributed by atoms with E-state index in [0.717, 1.165) is 6.54 Å². The van der Waals surface area contributed by atoms with Crippen molar-refractivity contribution in [2.75, 3.05) is 6.54 Å². The molecule has 0 amide bonds. The van der Waals surface area contributed by atoms with E-state index < -0.39 is 0 Å². The van der Waals surface area contributed by atoms with Gasteiger partial charge in [-0.3, -0.25) is 4.98 Å². The van der Waals surface area contributed by atoms with Gasteiger partial charge in [-0.15, -0.1) is 0 Å². The number of hydrogen-bond donors (Lipinski definition) is 1. The molecule has 0 aliphatic carbocycles. The number of fused-ring (bicyclic) bond motifs is 1. The van der Waals surface area contributed by atoms with Gasteiger partial charge in [-0.1, -0.05) is 27.7 Å². The maximum absolute atomic E-state index is 4.60. The van der Waals surface area contributed by atoms with Gasteiger partial charge in [-0.25, -0.2) is 0 Å². The van der Waals surface area contributed by atoms with E-state index in [-0.39, 0.29) is 0 Å². The second-order valence-electron chi connectivity index (χ2n) is 5.45. The SMILES string of the molecule is CC(C)c1nccc2c1C(C(C)C)CNC=C2. The van der Waals surface area contributed by atoms with Gasteiger partial charge in [0.1, 0.15) is 0 Å². The Bertz CT molecular complexity index is 419. The third-order valence-electron chi connectivity index (χ3n) is 3.50. The van der Waals surface area contributed by atoms with Crippen molar-refractivity contribution < 1.29 is 0 Å². The van der Waals surface area contributed by atoms with Crippen LogP contribution in [-0.2, 0) is 0 Å². The van der Waals surface area contributed by atoms with Gasteiger partial charge in [0.2, 0.25) is 0 Å². The molecular weight excluding hydrogens is 208 g/mol. The molecule has 2 heteroatoms. The molecule has 2 rings (SSSR count).